The van der Waals surface area contributed by atoms with Gasteiger partial charge in [0.25, 0.3) is 0 Å². The average molecular weight is 888 g/mol. The Kier molecular flexibility index (Phi) is 10.8. The SMILES string of the molecule is Cc1cc(-c2ccc3c(c2)c(C2=CC=CCC2)c(-c2ccccc2)n3-c2ccccc2)ccc1-c1ccc(N(c2ccccc2)c2ccc(-n3c4ccccc4c4ccccc43)cc2)cc1C(C)C. The van der Waals surface area contributed by atoms with Crippen LogP contribution in [-0.2, 0) is 0 Å². The molecule has 0 bridgehead atoms. The van der Waals surface area contributed by atoms with Crippen molar-refractivity contribution in [2.75, 3.05) is 4.90 Å². The summed E-state index contributed by atoms with van der Waals surface area (Å²) in [7, 11) is 0. The second-order valence-corrected chi connectivity index (χ2v) is 18.7. The number of hydrogen-bond acceptors (Lipinski definition) is 1. The van der Waals surface area contributed by atoms with Crippen LogP contribution in [-0.4, -0.2) is 9.13 Å². The van der Waals surface area contributed by atoms with E-state index in [1.165, 1.54) is 94.2 Å². The largest absolute Gasteiger partial charge is 0.310 e. The van der Waals surface area contributed by atoms with Crippen molar-refractivity contribution in [1.29, 1.82) is 0 Å². The molecule has 0 fully saturated rings. The van der Waals surface area contributed by atoms with E-state index in [-0.39, 0.29) is 0 Å². The van der Waals surface area contributed by atoms with Gasteiger partial charge in [0.1, 0.15) is 0 Å². The van der Waals surface area contributed by atoms with E-state index in [1.807, 2.05) is 0 Å². The lowest BCUT2D eigenvalue weighted by Gasteiger charge is -2.27. The van der Waals surface area contributed by atoms with E-state index in [1.54, 1.807) is 0 Å². The Morgan fingerprint density at radius 3 is 1.68 bits per heavy atom. The van der Waals surface area contributed by atoms with E-state index in [2.05, 4.69) is 271 Å². The van der Waals surface area contributed by atoms with Crippen molar-refractivity contribution < 1.29 is 0 Å². The van der Waals surface area contributed by atoms with E-state index < -0.39 is 0 Å². The smallest absolute Gasteiger partial charge is 0.0616 e. The number of benzene rings is 9. The summed E-state index contributed by atoms with van der Waals surface area (Å²) in [6, 6.07) is 80.2. The summed E-state index contributed by atoms with van der Waals surface area (Å²) in [5, 5.41) is 3.81. The summed E-state index contributed by atoms with van der Waals surface area (Å²) >= 11 is 0. The zero-order valence-corrected chi connectivity index (χ0v) is 39.3. The molecule has 12 rings (SSSR count). The van der Waals surface area contributed by atoms with Crippen LogP contribution >= 0.6 is 0 Å². The number of allylic oxidation sites excluding steroid dienone is 4. The molecule has 0 N–H and O–H groups in total. The van der Waals surface area contributed by atoms with Gasteiger partial charge in [-0.15, -0.1) is 0 Å². The molecule has 332 valence electrons. The maximum absolute atomic E-state index is 2.47. The first-order chi connectivity index (χ1) is 34.0. The van der Waals surface area contributed by atoms with Gasteiger partial charge in [-0.05, 0) is 155 Å². The number of aromatic nitrogens is 2. The first-order valence-corrected chi connectivity index (χ1v) is 24.3. The van der Waals surface area contributed by atoms with Crippen LogP contribution in [0.5, 0.6) is 0 Å². The standard InChI is InChI=1S/C66H53N3/c1-45(2)60-44-55(67(51-24-12-6-13-25-51)53-34-36-54(37-35-53)68-62-30-18-16-28-58(62)59-29-17-19-31-63(59)68)38-40-57(60)56-39-32-49(42-46(56)3)50-33-41-64-61(43-50)65(47-20-8-4-9-21-47)66(48-22-10-5-11-23-48)69(64)52-26-14-7-15-27-52/h4-8,10-20,22-45H,9,21H2,1-3H3. The third kappa shape index (κ3) is 7.48. The molecule has 0 saturated heterocycles. The molecule has 11 aromatic rings. The van der Waals surface area contributed by atoms with Crippen LogP contribution in [0, 0.1) is 6.92 Å². The zero-order chi connectivity index (χ0) is 46.4. The van der Waals surface area contributed by atoms with Crippen LogP contribution in [0.1, 0.15) is 49.3 Å². The van der Waals surface area contributed by atoms with E-state index in [0.29, 0.717) is 5.92 Å². The van der Waals surface area contributed by atoms with Crippen LogP contribution in [0.3, 0.4) is 0 Å². The van der Waals surface area contributed by atoms with Gasteiger partial charge in [-0.25, -0.2) is 0 Å². The molecule has 1 aliphatic rings. The first kappa shape index (κ1) is 42.0. The fourth-order valence-electron chi connectivity index (χ4n) is 10.9. The van der Waals surface area contributed by atoms with Gasteiger partial charge in [0.2, 0.25) is 0 Å². The quantitative estimate of drug-likeness (QED) is 0.133. The summed E-state index contributed by atoms with van der Waals surface area (Å²) in [6.45, 7) is 6.90. The van der Waals surface area contributed by atoms with Gasteiger partial charge in [0.05, 0.1) is 22.2 Å². The summed E-state index contributed by atoms with van der Waals surface area (Å²) in [5.74, 6) is 0.298. The molecule has 2 aromatic heterocycles. The molecular formula is C66H53N3. The summed E-state index contributed by atoms with van der Waals surface area (Å²) in [6.07, 6.45) is 8.89. The van der Waals surface area contributed by atoms with Crippen molar-refractivity contribution in [2.24, 2.45) is 0 Å². The van der Waals surface area contributed by atoms with Crippen LogP contribution in [0.2, 0.25) is 0 Å². The highest BCUT2D eigenvalue weighted by Gasteiger charge is 2.24. The Labute approximate surface area is 405 Å². The number of nitrogens with zero attached hydrogens (tertiary/aromatic N) is 3. The molecule has 1 aliphatic carbocycles. The van der Waals surface area contributed by atoms with Gasteiger partial charge in [0.15, 0.2) is 0 Å². The highest BCUT2D eigenvalue weighted by atomic mass is 15.1. The number of hydrogen-bond donors (Lipinski definition) is 0. The minimum atomic E-state index is 0.298. The molecule has 2 heterocycles. The Balaban J connectivity index is 0.931. The van der Waals surface area contributed by atoms with Crippen LogP contribution in [0.25, 0.3) is 83.2 Å². The summed E-state index contributed by atoms with van der Waals surface area (Å²) in [5.41, 5.74) is 22.0. The minimum Gasteiger partial charge on any atom is -0.310 e. The topological polar surface area (TPSA) is 13.1 Å². The number of fused-ring (bicyclic) bond motifs is 4. The second kappa shape index (κ2) is 17.7. The van der Waals surface area contributed by atoms with E-state index in [0.717, 1.165) is 35.6 Å². The van der Waals surface area contributed by atoms with E-state index >= 15 is 0 Å². The van der Waals surface area contributed by atoms with Crippen LogP contribution in [0.15, 0.2) is 237 Å². The maximum atomic E-state index is 2.47. The van der Waals surface area contributed by atoms with Gasteiger partial charge >= 0.3 is 0 Å². The third-order valence-electron chi connectivity index (χ3n) is 14.1. The molecule has 0 aliphatic heterocycles. The number of anilines is 3. The zero-order valence-electron chi connectivity index (χ0n) is 39.3. The van der Waals surface area contributed by atoms with Gasteiger partial charge < -0.3 is 14.0 Å². The van der Waals surface area contributed by atoms with Crippen molar-refractivity contribution in [2.45, 2.75) is 39.5 Å². The minimum absolute atomic E-state index is 0.298. The Morgan fingerprint density at radius 1 is 0.449 bits per heavy atom. The molecule has 0 unspecified atom stereocenters. The highest BCUT2D eigenvalue weighted by molar-refractivity contribution is 6.09. The molecule has 0 amide bonds. The fourth-order valence-corrected chi connectivity index (χ4v) is 10.9. The lowest BCUT2D eigenvalue weighted by Crippen LogP contribution is -2.11. The van der Waals surface area contributed by atoms with Gasteiger partial charge in [-0.1, -0.05) is 166 Å². The first-order valence-electron chi connectivity index (χ1n) is 24.3. The average Bonchev–Trinajstić information content (AvgIpc) is 3.93. The number of rotatable bonds is 10. The van der Waals surface area contributed by atoms with Crippen molar-refractivity contribution in [3.63, 3.8) is 0 Å². The van der Waals surface area contributed by atoms with Crippen molar-refractivity contribution in [3.8, 4) is 44.9 Å². The molecule has 9 aromatic carbocycles. The molecule has 69 heavy (non-hydrogen) atoms. The maximum Gasteiger partial charge on any atom is 0.0616 e. The highest BCUT2D eigenvalue weighted by Crippen LogP contribution is 2.45. The van der Waals surface area contributed by atoms with E-state index in [9.17, 15) is 0 Å². The lowest BCUT2D eigenvalue weighted by molar-refractivity contribution is 0.868. The normalized spacial score (nSPS) is 12.6. The molecule has 0 radical (unpaired) electrons. The lowest BCUT2D eigenvalue weighted by atomic mass is 9.88. The predicted octanol–water partition coefficient (Wildman–Crippen LogP) is 18.4. The predicted molar refractivity (Wildman–Crippen MR) is 294 cm³/mol. The van der Waals surface area contributed by atoms with E-state index in [4.69, 9.17) is 0 Å². The fraction of sp³-hybridized carbons (Fsp3) is 0.0909. The molecule has 3 nitrogen and oxygen atoms in total. The Hall–Kier alpha value is -8.40. The third-order valence-corrected chi connectivity index (χ3v) is 14.1. The molecule has 0 spiro atoms. The Bertz CT molecular complexity index is 3680. The van der Waals surface area contributed by atoms with Gasteiger partial charge in [0, 0.05) is 50.2 Å². The molecule has 0 saturated carbocycles. The van der Waals surface area contributed by atoms with Crippen molar-refractivity contribution in [3.05, 3.63) is 253 Å². The van der Waals surface area contributed by atoms with Crippen molar-refractivity contribution >= 4 is 55.3 Å². The van der Waals surface area contributed by atoms with Crippen molar-refractivity contribution in [1.82, 2.24) is 9.13 Å². The summed E-state index contributed by atoms with van der Waals surface area (Å²) in [4.78, 5) is 2.39. The monoisotopic (exact) mass is 887 g/mol. The Morgan fingerprint density at radius 2 is 1.01 bits per heavy atom. The van der Waals surface area contributed by atoms with Gasteiger partial charge in [-0.2, -0.15) is 0 Å². The molecule has 0 atom stereocenters. The molecular weight excluding hydrogens is 835 g/mol. The second-order valence-electron chi connectivity index (χ2n) is 18.7. The van der Waals surface area contributed by atoms with Gasteiger partial charge in [-0.3, -0.25) is 0 Å². The number of para-hydroxylation sites is 4. The summed E-state index contributed by atoms with van der Waals surface area (Å²) < 4.78 is 4.85. The number of aryl methyl sites for hydroxylation is 1. The van der Waals surface area contributed by atoms with Crippen LogP contribution < -0.4 is 4.90 Å². The van der Waals surface area contributed by atoms with Crippen LogP contribution in [0.4, 0.5) is 17.1 Å². The molecule has 3 heteroatoms.